The number of amides is 1. The van der Waals surface area contributed by atoms with E-state index in [1.54, 1.807) is 0 Å². The number of hydrogen-bond acceptors (Lipinski definition) is 7. The molecule has 47 heavy (non-hydrogen) atoms. The number of rotatable bonds is 14. The van der Waals surface area contributed by atoms with Gasteiger partial charge in [-0.05, 0) is 135 Å². The smallest absolute Gasteiger partial charge is 0.269 e. The molecular weight excluding hydrogens is 582 g/mol. The Morgan fingerprint density at radius 1 is 0.851 bits per heavy atom. The van der Waals surface area contributed by atoms with E-state index in [9.17, 15) is 4.79 Å². The predicted octanol–water partition coefficient (Wildman–Crippen LogP) is 5.68. The lowest BCUT2D eigenvalue weighted by Crippen LogP contribution is -2.47. The van der Waals surface area contributed by atoms with Gasteiger partial charge in [-0.25, -0.2) is 4.98 Å². The van der Waals surface area contributed by atoms with Crippen molar-refractivity contribution in [3.63, 3.8) is 0 Å². The Kier molecular flexibility index (Phi) is 16.5. The normalized spacial score (nSPS) is 18.2. The van der Waals surface area contributed by atoms with Gasteiger partial charge in [0.1, 0.15) is 5.69 Å². The van der Waals surface area contributed by atoms with E-state index < -0.39 is 0 Å². The van der Waals surface area contributed by atoms with E-state index in [2.05, 4.69) is 66.8 Å². The van der Waals surface area contributed by atoms with Crippen LogP contribution in [0.25, 0.3) is 11.3 Å². The molecule has 3 aliphatic rings. The van der Waals surface area contributed by atoms with Gasteiger partial charge in [0.05, 0.1) is 5.69 Å². The number of benzene rings is 1. The Hall–Kier alpha value is -3.00. The summed E-state index contributed by atoms with van der Waals surface area (Å²) in [6, 6.07) is 15.2. The average molecular weight is 644 g/mol. The van der Waals surface area contributed by atoms with Crippen LogP contribution < -0.4 is 15.5 Å². The van der Waals surface area contributed by atoms with Crippen molar-refractivity contribution in [2.24, 2.45) is 0 Å². The van der Waals surface area contributed by atoms with Crippen molar-refractivity contribution in [2.45, 2.75) is 70.3 Å². The summed E-state index contributed by atoms with van der Waals surface area (Å²) in [5.41, 5.74) is 6.49. The number of aromatic nitrogens is 1. The van der Waals surface area contributed by atoms with Crippen LogP contribution in [0, 0.1) is 0 Å². The third-order valence-electron chi connectivity index (χ3n) is 9.75. The molecule has 2 aromatic rings. The molecule has 0 aliphatic carbocycles. The second-order valence-corrected chi connectivity index (χ2v) is 13.3. The molecule has 0 unspecified atom stereocenters. The molecule has 3 fully saturated rings. The van der Waals surface area contributed by atoms with Gasteiger partial charge >= 0.3 is 0 Å². The number of nitrogens with zero attached hydrogens (tertiary/aromatic N) is 5. The van der Waals surface area contributed by atoms with Crippen LogP contribution in [-0.2, 0) is 0 Å². The monoisotopic (exact) mass is 643 g/mol. The molecule has 1 aromatic carbocycles. The van der Waals surface area contributed by atoms with Crippen LogP contribution >= 0.6 is 0 Å². The van der Waals surface area contributed by atoms with E-state index >= 15 is 0 Å². The van der Waals surface area contributed by atoms with Crippen molar-refractivity contribution in [2.75, 3.05) is 91.0 Å². The van der Waals surface area contributed by atoms with Gasteiger partial charge in [0.2, 0.25) is 0 Å². The van der Waals surface area contributed by atoms with Crippen molar-refractivity contribution < 1.29 is 4.79 Å². The zero-order chi connectivity index (χ0) is 33.1. The molecule has 3 aliphatic heterocycles. The van der Waals surface area contributed by atoms with Gasteiger partial charge in [-0.3, -0.25) is 9.69 Å². The highest BCUT2D eigenvalue weighted by atomic mass is 16.1. The minimum Gasteiger partial charge on any atom is -0.369 e. The summed E-state index contributed by atoms with van der Waals surface area (Å²) in [6.07, 6.45) is 14.6. The minimum absolute atomic E-state index is 0.0845. The highest BCUT2D eigenvalue weighted by molar-refractivity contribution is 5.92. The van der Waals surface area contributed by atoms with Gasteiger partial charge in [-0.15, -0.1) is 5.73 Å². The first-order chi connectivity index (χ1) is 23.1. The van der Waals surface area contributed by atoms with Gasteiger partial charge < -0.3 is 25.3 Å². The van der Waals surface area contributed by atoms with Gasteiger partial charge in [-0.1, -0.05) is 37.6 Å². The predicted molar refractivity (Wildman–Crippen MR) is 197 cm³/mol. The fourth-order valence-corrected chi connectivity index (χ4v) is 7.04. The van der Waals surface area contributed by atoms with Crippen LogP contribution in [0.4, 0.5) is 5.69 Å². The topological polar surface area (TPSA) is 67.0 Å². The van der Waals surface area contributed by atoms with Crippen molar-refractivity contribution in [1.29, 1.82) is 0 Å². The lowest BCUT2D eigenvalue weighted by Gasteiger charge is -2.40. The van der Waals surface area contributed by atoms with E-state index in [1.165, 1.54) is 89.8 Å². The second-order valence-electron chi connectivity index (χ2n) is 13.3. The minimum atomic E-state index is -0.0845. The van der Waals surface area contributed by atoms with Crippen LogP contribution in [0.3, 0.4) is 0 Å². The number of pyridine rings is 1. The summed E-state index contributed by atoms with van der Waals surface area (Å²) in [7, 11) is 3.75. The number of anilines is 1. The van der Waals surface area contributed by atoms with Crippen LogP contribution in [0.1, 0.15) is 74.7 Å². The number of carbonyl (C=O) groups excluding carboxylic acids is 1. The molecule has 0 bridgehead atoms. The molecule has 1 amide bonds. The van der Waals surface area contributed by atoms with E-state index in [1.807, 2.05) is 38.4 Å². The van der Waals surface area contributed by atoms with E-state index in [0.717, 1.165) is 62.9 Å². The number of piperazine rings is 1. The maximum atomic E-state index is 12.9. The summed E-state index contributed by atoms with van der Waals surface area (Å²) in [6.45, 7) is 15.9. The largest absolute Gasteiger partial charge is 0.369 e. The molecule has 5 rings (SSSR count). The Balaban J connectivity index is 0.00000160. The number of carbonyl (C=O) groups is 1. The Morgan fingerprint density at radius 2 is 1.53 bits per heavy atom. The third-order valence-corrected chi connectivity index (χ3v) is 9.75. The molecule has 0 atom stereocenters. The van der Waals surface area contributed by atoms with Crippen molar-refractivity contribution >= 4 is 11.6 Å². The van der Waals surface area contributed by atoms with Crippen molar-refractivity contribution in [1.82, 2.24) is 30.3 Å². The molecule has 0 radical (unpaired) electrons. The summed E-state index contributed by atoms with van der Waals surface area (Å²) < 4.78 is 0. The molecule has 2 N–H and O–H groups in total. The fourth-order valence-electron chi connectivity index (χ4n) is 7.04. The van der Waals surface area contributed by atoms with Gasteiger partial charge in [0.25, 0.3) is 5.91 Å². The van der Waals surface area contributed by atoms with E-state index in [4.69, 9.17) is 4.98 Å². The second kappa shape index (κ2) is 21.1. The Labute approximate surface area is 285 Å². The Morgan fingerprint density at radius 3 is 2.23 bits per heavy atom. The molecule has 8 nitrogen and oxygen atoms in total. The number of likely N-dealkylation sites (tertiary alicyclic amines) is 2. The summed E-state index contributed by atoms with van der Waals surface area (Å²) in [4.78, 5) is 28.0. The number of hydrogen-bond donors (Lipinski definition) is 2. The standard InChI is InChI=1S/C37H54N6O.C2H7N/c1-2-3-4-5-6-8-22-41-28-30-43(31-29-41)33-17-15-32(16-18-33)35-13-11-14-36(39-35)37(44)38-21-12-23-40-26-19-34(20-27-40)42-24-9-7-10-25-42;1-3-2/h3,11,13-18,34H,1,4-10,12,19-31H2,(H,38,44);3H,1-2H3. The number of allylic oxidation sites excluding steroid dienone is 1. The molecule has 8 heteroatoms. The molecule has 258 valence electrons. The molecule has 0 spiro atoms. The first kappa shape index (κ1) is 36.8. The molecule has 1 aromatic heterocycles. The maximum Gasteiger partial charge on any atom is 0.269 e. The van der Waals surface area contributed by atoms with Gasteiger partial charge in [0, 0.05) is 50.0 Å². The van der Waals surface area contributed by atoms with Gasteiger partial charge in [0.15, 0.2) is 0 Å². The lowest BCUT2D eigenvalue weighted by molar-refractivity contribution is 0.0901. The first-order valence-corrected chi connectivity index (χ1v) is 18.3. The molecule has 3 saturated heterocycles. The summed E-state index contributed by atoms with van der Waals surface area (Å²) >= 11 is 0. The maximum absolute atomic E-state index is 12.9. The summed E-state index contributed by atoms with van der Waals surface area (Å²) in [5.74, 6) is -0.0845. The molecule has 4 heterocycles. The average Bonchev–Trinajstić information content (AvgIpc) is 3.13. The fraction of sp³-hybridized carbons (Fsp3) is 0.615. The van der Waals surface area contributed by atoms with Crippen LogP contribution in [0.2, 0.25) is 0 Å². The molecular formula is C39H61N7O. The van der Waals surface area contributed by atoms with Crippen LogP contribution in [0.15, 0.2) is 60.9 Å². The zero-order valence-corrected chi connectivity index (χ0v) is 29.4. The molecule has 0 saturated carbocycles. The third kappa shape index (κ3) is 12.5. The number of piperidine rings is 2. The quantitative estimate of drug-likeness (QED) is 0.203. The number of unbranched alkanes of at least 4 members (excludes halogenated alkanes) is 3. The van der Waals surface area contributed by atoms with E-state index in [-0.39, 0.29) is 5.91 Å². The van der Waals surface area contributed by atoms with Gasteiger partial charge in [-0.2, -0.15) is 0 Å². The Bertz CT molecular complexity index is 1210. The van der Waals surface area contributed by atoms with Crippen LogP contribution in [0.5, 0.6) is 0 Å². The number of nitrogens with one attached hydrogen (secondary N) is 2. The van der Waals surface area contributed by atoms with Crippen molar-refractivity contribution in [3.05, 3.63) is 66.5 Å². The van der Waals surface area contributed by atoms with E-state index in [0.29, 0.717) is 12.2 Å². The lowest BCUT2D eigenvalue weighted by atomic mass is 10.00. The summed E-state index contributed by atoms with van der Waals surface area (Å²) in [5, 5.41) is 5.85. The zero-order valence-electron chi connectivity index (χ0n) is 29.4. The SMILES string of the molecule is C=C=CCCCCCN1CCN(c2ccc(-c3cccc(C(=O)NCCCN4CCC(N5CCCCC5)CC4)n3)cc2)CC1.CNC. The highest BCUT2D eigenvalue weighted by Crippen LogP contribution is 2.24. The first-order valence-electron chi connectivity index (χ1n) is 18.3. The van der Waals surface area contributed by atoms with Crippen LogP contribution in [-0.4, -0.2) is 118 Å². The highest BCUT2D eigenvalue weighted by Gasteiger charge is 2.25. The van der Waals surface area contributed by atoms with Crippen molar-refractivity contribution in [3.8, 4) is 11.3 Å².